The molecule has 0 atom stereocenters. The summed E-state index contributed by atoms with van der Waals surface area (Å²) in [5.41, 5.74) is 2.42. The maximum atomic E-state index is 12.5. The highest BCUT2D eigenvalue weighted by Crippen LogP contribution is 2.23. The van der Waals surface area contributed by atoms with E-state index in [-0.39, 0.29) is 24.7 Å². The molecule has 1 aliphatic heterocycles. The molecule has 2 amide bonds. The molecule has 2 heterocycles. The summed E-state index contributed by atoms with van der Waals surface area (Å²) in [4.78, 5) is 28.6. The molecule has 0 unspecified atom stereocenters. The van der Waals surface area contributed by atoms with E-state index in [0.717, 1.165) is 16.8 Å². The Morgan fingerprint density at radius 2 is 1.59 bits per heavy atom. The molecule has 1 aliphatic rings. The first-order valence-electron chi connectivity index (χ1n) is 8.76. The first-order chi connectivity index (χ1) is 12.8. The van der Waals surface area contributed by atoms with Gasteiger partial charge in [0.25, 0.3) is 0 Å². The first-order valence-corrected chi connectivity index (χ1v) is 9.52. The summed E-state index contributed by atoms with van der Waals surface area (Å²) in [5, 5.41) is 4.80. The van der Waals surface area contributed by atoms with Gasteiger partial charge in [-0.25, -0.2) is 0 Å². The Kier molecular flexibility index (Phi) is 6.07. The summed E-state index contributed by atoms with van der Waals surface area (Å²) in [6, 6.07) is 5.21. The van der Waals surface area contributed by atoms with Gasteiger partial charge in [-0.3, -0.25) is 9.59 Å². The van der Waals surface area contributed by atoms with Crippen LogP contribution in [0.25, 0.3) is 0 Å². The molecular weight excluding hydrogens is 389 g/mol. The summed E-state index contributed by atoms with van der Waals surface area (Å²) >= 11 is 11.9. The second-order valence-electron chi connectivity index (χ2n) is 6.67. The molecule has 1 aromatic heterocycles. The summed E-state index contributed by atoms with van der Waals surface area (Å²) in [7, 11) is 0. The number of benzene rings is 1. The van der Waals surface area contributed by atoms with E-state index in [0.29, 0.717) is 42.0 Å². The molecule has 6 nitrogen and oxygen atoms in total. The number of halogens is 2. The Hall–Kier alpha value is -2.05. The van der Waals surface area contributed by atoms with Crippen molar-refractivity contribution in [2.45, 2.75) is 26.7 Å². The van der Waals surface area contributed by atoms with Crippen molar-refractivity contribution in [2.24, 2.45) is 0 Å². The molecule has 144 valence electrons. The van der Waals surface area contributed by atoms with Gasteiger partial charge in [0.1, 0.15) is 5.76 Å². The normalized spacial score (nSPS) is 14.5. The SMILES string of the molecule is Cc1noc(C)c1CC(=O)N1CCN(C(=O)Cc2ccc(Cl)c(Cl)c2)CC1. The van der Waals surface area contributed by atoms with Crippen LogP contribution >= 0.6 is 23.2 Å². The number of aromatic nitrogens is 1. The lowest BCUT2D eigenvalue weighted by atomic mass is 10.1. The smallest absolute Gasteiger partial charge is 0.227 e. The van der Waals surface area contributed by atoms with E-state index >= 15 is 0 Å². The molecular formula is C19H21Cl2N3O3. The largest absolute Gasteiger partial charge is 0.361 e. The second kappa shape index (κ2) is 8.31. The molecule has 1 saturated heterocycles. The lowest BCUT2D eigenvalue weighted by molar-refractivity contribution is -0.138. The quantitative estimate of drug-likeness (QED) is 0.777. The molecule has 0 spiro atoms. The highest BCUT2D eigenvalue weighted by atomic mass is 35.5. The molecule has 0 N–H and O–H groups in total. The van der Waals surface area contributed by atoms with Crippen molar-refractivity contribution in [3.05, 3.63) is 50.8 Å². The maximum Gasteiger partial charge on any atom is 0.227 e. The summed E-state index contributed by atoms with van der Waals surface area (Å²) in [5.74, 6) is 0.725. The maximum absolute atomic E-state index is 12.5. The lowest BCUT2D eigenvalue weighted by Gasteiger charge is -2.35. The summed E-state index contributed by atoms with van der Waals surface area (Å²) < 4.78 is 5.11. The molecule has 0 aliphatic carbocycles. The molecule has 0 saturated carbocycles. The molecule has 1 aromatic carbocycles. The van der Waals surface area contributed by atoms with Crippen LogP contribution in [-0.4, -0.2) is 52.9 Å². The highest BCUT2D eigenvalue weighted by Gasteiger charge is 2.25. The van der Waals surface area contributed by atoms with Crippen molar-refractivity contribution in [3.63, 3.8) is 0 Å². The van der Waals surface area contributed by atoms with E-state index in [2.05, 4.69) is 5.16 Å². The molecule has 0 radical (unpaired) electrons. The predicted molar refractivity (Wildman–Crippen MR) is 103 cm³/mol. The standard InChI is InChI=1S/C19H21Cl2N3O3/c1-12-15(13(2)27-22-12)11-19(26)24-7-5-23(6-8-24)18(25)10-14-3-4-16(20)17(21)9-14/h3-4,9H,5-8,10-11H2,1-2H3. The number of hydrogen-bond acceptors (Lipinski definition) is 4. The minimum Gasteiger partial charge on any atom is -0.361 e. The fraction of sp³-hybridized carbons (Fsp3) is 0.421. The van der Waals surface area contributed by atoms with Crippen molar-refractivity contribution in [2.75, 3.05) is 26.2 Å². The van der Waals surface area contributed by atoms with Crippen LogP contribution in [0.3, 0.4) is 0 Å². The fourth-order valence-electron chi connectivity index (χ4n) is 3.16. The van der Waals surface area contributed by atoms with Gasteiger partial charge in [-0.2, -0.15) is 0 Å². The zero-order valence-corrected chi connectivity index (χ0v) is 16.8. The average molecular weight is 410 g/mol. The van der Waals surface area contributed by atoms with Crippen LogP contribution in [0.4, 0.5) is 0 Å². The fourth-order valence-corrected chi connectivity index (χ4v) is 3.48. The minimum atomic E-state index is 0.0196. The Bertz CT molecular complexity index is 838. The molecule has 3 rings (SSSR count). The van der Waals surface area contributed by atoms with Crippen molar-refractivity contribution < 1.29 is 14.1 Å². The van der Waals surface area contributed by atoms with Gasteiger partial charge in [0.2, 0.25) is 11.8 Å². The van der Waals surface area contributed by atoms with Crippen LogP contribution in [-0.2, 0) is 22.4 Å². The monoisotopic (exact) mass is 409 g/mol. The highest BCUT2D eigenvalue weighted by molar-refractivity contribution is 6.42. The summed E-state index contributed by atoms with van der Waals surface area (Å²) in [6.07, 6.45) is 0.544. The Morgan fingerprint density at radius 1 is 1.00 bits per heavy atom. The van der Waals surface area contributed by atoms with E-state index in [9.17, 15) is 9.59 Å². The third-order valence-electron chi connectivity index (χ3n) is 4.83. The van der Waals surface area contributed by atoms with Gasteiger partial charge in [0.05, 0.1) is 28.6 Å². The molecule has 0 bridgehead atoms. The van der Waals surface area contributed by atoms with Crippen LogP contribution < -0.4 is 0 Å². The van der Waals surface area contributed by atoms with Crippen molar-refractivity contribution >= 4 is 35.0 Å². The van der Waals surface area contributed by atoms with Gasteiger partial charge in [-0.1, -0.05) is 34.4 Å². The topological polar surface area (TPSA) is 66.7 Å². The molecule has 1 fully saturated rings. The summed E-state index contributed by atoms with van der Waals surface area (Å²) in [6.45, 7) is 5.73. The number of carbonyl (C=O) groups excluding carboxylic acids is 2. The first kappa shape index (κ1) is 19.7. The zero-order valence-electron chi connectivity index (χ0n) is 15.3. The van der Waals surface area contributed by atoms with Crippen LogP contribution in [0.5, 0.6) is 0 Å². The van der Waals surface area contributed by atoms with E-state index in [1.807, 2.05) is 13.8 Å². The van der Waals surface area contributed by atoms with Gasteiger partial charge >= 0.3 is 0 Å². The number of aryl methyl sites for hydroxylation is 2. The van der Waals surface area contributed by atoms with E-state index in [1.54, 1.807) is 28.0 Å². The zero-order chi connectivity index (χ0) is 19.6. The third-order valence-corrected chi connectivity index (χ3v) is 5.57. The number of nitrogens with zero attached hydrogens (tertiary/aromatic N) is 3. The van der Waals surface area contributed by atoms with Crippen molar-refractivity contribution in [1.82, 2.24) is 15.0 Å². The molecule has 2 aromatic rings. The van der Waals surface area contributed by atoms with E-state index in [1.165, 1.54) is 0 Å². The Morgan fingerprint density at radius 3 is 2.11 bits per heavy atom. The Labute approximate surface area is 168 Å². The number of amides is 2. The van der Waals surface area contributed by atoms with Crippen LogP contribution in [0.15, 0.2) is 22.7 Å². The van der Waals surface area contributed by atoms with Gasteiger partial charge in [0, 0.05) is 31.7 Å². The van der Waals surface area contributed by atoms with Gasteiger partial charge in [-0.15, -0.1) is 0 Å². The second-order valence-corrected chi connectivity index (χ2v) is 7.48. The Balaban J connectivity index is 1.52. The number of piperazine rings is 1. The molecule has 27 heavy (non-hydrogen) atoms. The van der Waals surface area contributed by atoms with Gasteiger partial charge in [-0.05, 0) is 31.5 Å². The van der Waals surface area contributed by atoms with Crippen molar-refractivity contribution in [3.8, 4) is 0 Å². The van der Waals surface area contributed by atoms with Gasteiger partial charge in [0.15, 0.2) is 0 Å². The third kappa shape index (κ3) is 4.62. The van der Waals surface area contributed by atoms with Crippen molar-refractivity contribution in [1.29, 1.82) is 0 Å². The van der Waals surface area contributed by atoms with Crippen LogP contribution in [0, 0.1) is 13.8 Å². The average Bonchev–Trinajstić information content (AvgIpc) is 2.97. The molecule has 8 heteroatoms. The number of rotatable bonds is 4. The van der Waals surface area contributed by atoms with E-state index in [4.69, 9.17) is 27.7 Å². The predicted octanol–water partition coefficient (Wildman–Crippen LogP) is 3.05. The van der Waals surface area contributed by atoms with E-state index < -0.39 is 0 Å². The number of hydrogen-bond donors (Lipinski definition) is 0. The lowest BCUT2D eigenvalue weighted by Crippen LogP contribution is -2.51. The minimum absolute atomic E-state index is 0.0196. The van der Waals surface area contributed by atoms with Crippen LogP contribution in [0.2, 0.25) is 10.0 Å². The van der Waals surface area contributed by atoms with Crippen LogP contribution in [0.1, 0.15) is 22.6 Å². The van der Waals surface area contributed by atoms with Gasteiger partial charge < -0.3 is 14.3 Å². The number of carbonyl (C=O) groups is 2.